The van der Waals surface area contributed by atoms with Crippen LogP contribution in [0.2, 0.25) is 0 Å². The van der Waals surface area contributed by atoms with Crippen molar-refractivity contribution in [1.29, 1.82) is 0 Å². The maximum absolute atomic E-state index is 12.5. The summed E-state index contributed by atoms with van der Waals surface area (Å²) in [6.07, 6.45) is 11.4. The standard InChI is InChI=1S/C25H30N2O3S/c1-3-5-7-8-9-22-14-15-23(31-22)25(28)30-20-12-10-19(11-13-20)24-26-17-21(18-27-24)29-16-6-4-2/h10-15,17-18H,3-9,16H2,1-2H3. The summed E-state index contributed by atoms with van der Waals surface area (Å²) in [5.41, 5.74) is 0.852. The zero-order chi connectivity index (χ0) is 21.9. The van der Waals surface area contributed by atoms with Crippen LogP contribution in [0.5, 0.6) is 11.5 Å². The summed E-state index contributed by atoms with van der Waals surface area (Å²) in [7, 11) is 0. The highest BCUT2D eigenvalue weighted by molar-refractivity contribution is 7.13. The van der Waals surface area contributed by atoms with Crippen molar-refractivity contribution in [2.45, 2.75) is 58.8 Å². The summed E-state index contributed by atoms with van der Waals surface area (Å²) in [4.78, 5) is 23.0. The molecule has 0 bridgehead atoms. The van der Waals surface area contributed by atoms with Gasteiger partial charge in [-0.05, 0) is 55.7 Å². The predicted octanol–water partition coefficient (Wildman–Crippen LogP) is 6.73. The van der Waals surface area contributed by atoms with Crippen molar-refractivity contribution in [2.24, 2.45) is 0 Å². The van der Waals surface area contributed by atoms with Crippen LogP contribution in [0, 0.1) is 0 Å². The highest BCUT2D eigenvalue weighted by Crippen LogP contribution is 2.24. The van der Waals surface area contributed by atoms with Crippen LogP contribution in [-0.4, -0.2) is 22.5 Å². The first-order valence-corrected chi connectivity index (χ1v) is 11.9. The van der Waals surface area contributed by atoms with E-state index in [9.17, 15) is 4.79 Å². The fourth-order valence-corrected chi connectivity index (χ4v) is 3.98. The van der Waals surface area contributed by atoms with E-state index in [1.165, 1.54) is 35.5 Å². The Morgan fingerprint density at radius 2 is 1.61 bits per heavy atom. The second-order valence-corrected chi connectivity index (χ2v) is 8.60. The number of esters is 1. The molecule has 0 fully saturated rings. The van der Waals surface area contributed by atoms with E-state index in [0.717, 1.165) is 31.2 Å². The van der Waals surface area contributed by atoms with Gasteiger partial charge in [-0.25, -0.2) is 14.8 Å². The first-order valence-electron chi connectivity index (χ1n) is 11.1. The summed E-state index contributed by atoms with van der Waals surface area (Å²) in [5.74, 6) is 1.46. The minimum atomic E-state index is -0.317. The van der Waals surface area contributed by atoms with Gasteiger partial charge in [-0.1, -0.05) is 39.5 Å². The van der Waals surface area contributed by atoms with Crippen LogP contribution in [0.15, 0.2) is 48.8 Å². The first kappa shape index (κ1) is 22.9. The number of unbranched alkanes of at least 4 members (excludes halogenated alkanes) is 4. The Morgan fingerprint density at radius 1 is 0.871 bits per heavy atom. The molecule has 3 aromatic rings. The van der Waals surface area contributed by atoms with Crippen molar-refractivity contribution in [1.82, 2.24) is 9.97 Å². The van der Waals surface area contributed by atoms with Crippen LogP contribution in [0.1, 0.15) is 66.9 Å². The summed E-state index contributed by atoms with van der Waals surface area (Å²) in [5, 5.41) is 0. The monoisotopic (exact) mass is 438 g/mol. The average Bonchev–Trinajstić information content (AvgIpc) is 3.27. The van der Waals surface area contributed by atoms with Crippen molar-refractivity contribution < 1.29 is 14.3 Å². The molecule has 164 valence electrons. The van der Waals surface area contributed by atoms with Crippen molar-refractivity contribution in [3.05, 3.63) is 58.5 Å². The van der Waals surface area contributed by atoms with Gasteiger partial charge in [-0.3, -0.25) is 0 Å². The van der Waals surface area contributed by atoms with Crippen LogP contribution < -0.4 is 9.47 Å². The molecule has 0 amide bonds. The Labute approximate surface area is 188 Å². The predicted molar refractivity (Wildman–Crippen MR) is 125 cm³/mol. The second-order valence-electron chi connectivity index (χ2n) is 7.43. The lowest BCUT2D eigenvalue weighted by Gasteiger charge is -2.06. The molecular weight excluding hydrogens is 408 g/mol. The Bertz CT molecular complexity index is 936. The van der Waals surface area contributed by atoms with Crippen LogP contribution in [-0.2, 0) is 6.42 Å². The van der Waals surface area contributed by atoms with E-state index >= 15 is 0 Å². The van der Waals surface area contributed by atoms with Gasteiger partial charge in [0.15, 0.2) is 11.6 Å². The molecule has 3 rings (SSSR count). The Balaban J connectivity index is 1.53. The lowest BCUT2D eigenvalue weighted by Crippen LogP contribution is -2.06. The van der Waals surface area contributed by atoms with Crippen LogP contribution >= 0.6 is 11.3 Å². The van der Waals surface area contributed by atoms with E-state index in [4.69, 9.17) is 9.47 Å². The Hall–Kier alpha value is -2.73. The molecule has 31 heavy (non-hydrogen) atoms. The molecule has 0 N–H and O–H groups in total. The Kier molecular flexibility index (Phi) is 9.03. The molecule has 0 aliphatic rings. The molecule has 1 aromatic carbocycles. The topological polar surface area (TPSA) is 61.3 Å². The molecule has 2 aromatic heterocycles. The van der Waals surface area contributed by atoms with Gasteiger partial charge in [0, 0.05) is 10.4 Å². The molecule has 0 unspecified atom stereocenters. The summed E-state index contributed by atoms with van der Waals surface area (Å²) < 4.78 is 11.1. The van der Waals surface area contributed by atoms with Crippen molar-refractivity contribution >= 4 is 17.3 Å². The number of ether oxygens (including phenoxy) is 2. The molecule has 0 aliphatic carbocycles. The minimum Gasteiger partial charge on any atom is -0.490 e. The lowest BCUT2D eigenvalue weighted by molar-refractivity contribution is 0.0740. The van der Waals surface area contributed by atoms with Gasteiger partial charge in [0.05, 0.1) is 19.0 Å². The zero-order valence-corrected chi connectivity index (χ0v) is 19.1. The third-order valence-corrected chi connectivity index (χ3v) is 5.98. The summed E-state index contributed by atoms with van der Waals surface area (Å²) in [6, 6.07) is 11.1. The smallest absolute Gasteiger partial charge is 0.353 e. The number of thiophene rings is 1. The third-order valence-electron chi connectivity index (χ3n) is 4.86. The molecule has 2 heterocycles. The van der Waals surface area contributed by atoms with Gasteiger partial charge in [-0.15, -0.1) is 11.3 Å². The number of carbonyl (C=O) groups excluding carboxylic acids is 1. The quantitative estimate of drug-likeness (QED) is 0.178. The number of hydrogen-bond donors (Lipinski definition) is 0. The Morgan fingerprint density at radius 3 is 2.32 bits per heavy atom. The van der Waals surface area contributed by atoms with Gasteiger partial charge in [0.25, 0.3) is 0 Å². The number of benzene rings is 1. The van der Waals surface area contributed by atoms with Gasteiger partial charge in [0.1, 0.15) is 10.6 Å². The van der Waals surface area contributed by atoms with E-state index in [-0.39, 0.29) is 5.97 Å². The van der Waals surface area contributed by atoms with Gasteiger partial charge in [0.2, 0.25) is 0 Å². The van der Waals surface area contributed by atoms with E-state index < -0.39 is 0 Å². The maximum atomic E-state index is 12.5. The third kappa shape index (κ3) is 7.17. The molecule has 5 nitrogen and oxygen atoms in total. The highest BCUT2D eigenvalue weighted by Gasteiger charge is 2.12. The number of aryl methyl sites for hydroxylation is 1. The molecule has 0 spiro atoms. The summed E-state index contributed by atoms with van der Waals surface area (Å²) >= 11 is 1.52. The molecule has 0 radical (unpaired) electrons. The normalized spacial score (nSPS) is 10.8. The number of aromatic nitrogens is 2. The first-order chi connectivity index (χ1) is 15.2. The molecule has 0 aliphatic heterocycles. The van der Waals surface area contributed by atoms with Crippen LogP contribution in [0.25, 0.3) is 11.4 Å². The van der Waals surface area contributed by atoms with Crippen LogP contribution in [0.3, 0.4) is 0 Å². The average molecular weight is 439 g/mol. The molecular formula is C25H30N2O3S. The lowest BCUT2D eigenvalue weighted by atomic mass is 10.1. The number of carbonyl (C=O) groups is 1. The summed E-state index contributed by atoms with van der Waals surface area (Å²) in [6.45, 7) is 5.00. The highest BCUT2D eigenvalue weighted by atomic mass is 32.1. The zero-order valence-electron chi connectivity index (χ0n) is 18.3. The largest absolute Gasteiger partial charge is 0.490 e. The number of rotatable bonds is 12. The fraction of sp³-hybridized carbons (Fsp3) is 0.400. The van der Waals surface area contributed by atoms with Gasteiger partial charge >= 0.3 is 5.97 Å². The van der Waals surface area contributed by atoms with Crippen LogP contribution in [0.4, 0.5) is 0 Å². The maximum Gasteiger partial charge on any atom is 0.353 e. The van der Waals surface area contributed by atoms with E-state index in [1.54, 1.807) is 24.5 Å². The van der Waals surface area contributed by atoms with Crippen molar-refractivity contribution in [3.8, 4) is 22.9 Å². The minimum absolute atomic E-state index is 0.317. The fourth-order valence-electron chi connectivity index (χ4n) is 3.05. The molecule has 0 saturated carbocycles. The number of hydrogen-bond acceptors (Lipinski definition) is 6. The SMILES string of the molecule is CCCCCCc1ccc(C(=O)Oc2ccc(-c3ncc(OCCCC)cn3)cc2)s1. The second kappa shape index (κ2) is 12.2. The molecule has 0 saturated heterocycles. The van der Waals surface area contributed by atoms with Crippen molar-refractivity contribution in [3.63, 3.8) is 0 Å². The van der Waals surface area contributed by atoms with Gasteiger partial charge < -0.3 is 9.47 Å². The van der Waals surface area contributed by atoms with E-state index in [0.29, 0.717) is 28.8 Å². The van der Waals surface area contributed by atoms with Gasteiger partial charge in [-0.2, -0.15) is 0 Å². The van der Waals surface area contributed by atoms with E-state index in [2.05, 4.69) is 23.8 Å². The number of nitrogens with zero attached hydrogens (tertiary/aromatic N) is 2. The van der Waals surface area contributed by atoms with Crippen molar-refractivity contribution in [2.75, 3.05) is 6.61 Å². The molecule has 0 atom stereocenters. The van der Waals surface area contributed by atoms with E-state index in [1.807, 2.05) is 24.3 Å². The molecule has 6 heteroatoms.